The summed E-state index contributed by atoms with van der Waals surface area (Å²) in [5.41, 5.74) is 0.579. The van der Waals surface area contributed by atoms with E-state index in [9.17, 15) is 14.9 Å². The Balaban J connectivity index is 1.93. The lowest BCUT2D eigenvalue weighted by Crippen LogP contribution is -2.54. The Morgan fingerprint density at radius 3 is 2.61 bits per heavy atom. The number of amides is 1. The molecule has 0 aromatic heterocycles. The minimum atomic E-state index is -0.504. The second kappa shape index (κ2) is 6.95. The number of hydrogen-bond acceptors (Lipinski definition) is 5. The predicted molar refractivity (Wildman–Crippen MR) is 86.4 cm³/mol. The summed E-state index contributed by atoms with van der Waals surface area (Å²) in [4.78, 5) is 24.1. The molecule has 1 amide bonds. The van der Waals surface area contributed by atoms with Crippen LogP contribution < -0.4 is 5.32 Å². The first-order valence-corrected chi connectivity index (χ1v) is 7.69. The van der Waals surface area contributed by atoms with Crippen molar-refractivity contribution in [1.29, 1.82) is 0 Å². The van der Waals surface area contributed by atoms with Gasteiger partial charge in [-0.15, -0.1) is 0 Å². The zero-order chi connectivity index (χ0) is 17.0. The summed E-state index contributed by atoms with van der Waals surface area (Å²) in [6.45, 7) is 7.43. The van der Waals surface area contributed by atoms with E-state index in [4.69, 9.17) is 4.74 Å². The van der Waals surface area contributed by atoms with Gasteiger partial charge in [-0.05, 0) is 32.8 Å². The van der Waals surface area contributed by atoms with Gasteiger partial charge in [-0.3, -0.25) is 10.1 Å². The van der Waals surface area contributed by atoms with Crippen LogP contribution in [0, 0.1) is 10.1 Å². The SMILES string of the molecule is CC(C)(C)OC(=O)N1CCN[C@H](Cc2ccc([N+](=O)[O-])cc2)C1. The van der Waals surface area contributed by atoms with Crippen LogP contribution in [0.1, 0.15) is 26.3 Å². The highest BCUT2D eigenvalue weighted by Crippen LogP contribution is 2.16. The van der Waals surface area contributed by atoms with Crippen molar-refractivity contribution in [3.8, 4) is 0 Å². The Bertz CT molecular complexity index is 566. The maximum atomic E-state index is 12.1. The number of benzene rings is 1. The molecule has 1 fully saturated rings. The van der Waals surface area contributed by atoms with Crippen molar-refractivity contribution in [1.82, 2.24) is 10.2 Å². The molecule has 1 saturated heterocycles. The standard InChI is InChI=1S/C16H23N3O4/c1-16(2,3)23-15(20)18-9-8-17-13(11-18)10-12-4-6-14(7-5-12)19(21)22/h4-7,13,17H,8-11H2,1-3H3/t13-/m1/s1. The molecular weight excluding hydrogens is 298 g/mol. The van der Waals surface area contributed by atoms with Gasteiger partial charge in [-0.2, -0.15) is 0 Å². The maximum absolute atomic E-state index is 12.1. The van der Waals surface area contributed by atoms with Gasteiger partial charge in [0, 0.05) is 37.8 Å². The van der Waals surface area contributed by atoms with Gasteiger partial charge in [0.2, 0.25) is 0 Å². The third-order valence-corrected chi connectivity index (χ3v) is 3.54. The van der Waals surface area contributed by atoms with Crippen molar-refractivity contribution < 1.29 is 14.5 Å². The lowest BCUT2D eigenvalue weighted by Gasteiger charge is -2.35. The summed E-state index contributed by atoms with van der Waals surface area (Å²) < 4.78 is 5.40. The van der Waals surface area contributed by atoms with Crippen LogP contribution >= 0.6 is 0 Å². The first kappa shape index (κ1) is 17.2. The fourth-order valence-electron chi connectivity index (χ4n) is 2.49. The summed E-state index contributed by atoms with van der Waals surface area (Å²) in [7, 11) is 0. The molecule has 126 valence electrons. The van der Waals surface area contributed by atoms with Crippen molar-refractivity contribution in [2.75, 3.05) is 19.6 Å². The van der Waals surface area contributed by atoms with Crippen molar-refractivity contribution in [2.45, 2.75) is 38.8 Å². The van der Waals surface area contributed by atoms with Crippen LogP contribution in [0.3, 0.4) is 0 Å². The summed E-state index contributed by atoms with van der Waals surface area (Å²) in [6, 6.07) is 6.63. The molecule has 0 bridgehead atoms. The molecule has 0 aliphatic carbocycles. The number of carbonyl (C=O) groups excluding carboxylic acids is 1. The highest BCUT2D eigenvalue weighted by atomic mass is 16.6. The fraction of sp³-hybridized carbons (Fsp3) is 0.562. The molecule has 1 aromatic carbocycles. The molecular formula is C16H23N3O4. The van der Waals surface area contributed by atoms with E-state index in [0.717, 1.165) is 5.56 Å². The van der Waals surface area contributed by atoms with Gasteiger partial charge in [0.15, 0.2) is 0 Å². The van der Waals surface area contributed by atoms with Gasteiger partial charge in [0.1, 0.15) is 5.60 Å². The third kappa shape index (κ3) is 5.21. The average Bonchev–Trinajstić information content (AvgIpc) is 2.46. The molecule has 0 radical (unpaired) electrons. The maximum Gasteiger partial charge on any atom is 0.410 e. The first-order chi connectivity index (χ1) is 10.7. The van der Waals surface area contributed by atoms with Crippen molar-refractivity contribution in [2.24, 2.45) is 0 Å². The zero-order valence-corrected chi connectivity index (χ0v) is 13.7. The second-order valence-electron chi connectivity index (χ2n) is 6.71. The van der Waals surface area contributed by atoms with E-state index in [-0.39, 0.29) is 17.8 Å². The molecule has 1 aliphatic heterocycles. The van der Waals surface area contributed by atoms with Gasteiger partial charge in [-0.25, -0.2) is 4.79 Å². The number of hydrogen-bond donors (Lipinski definition) is 1. The monoisotopic (exact) mass is 321 g/mol. The Morgan fingerprint density at radius 2 is 2.04 bits per heavy atom. The van der Waals surface area contributed by atoms with Crippen LogP contribution in [0.15, 0.2) is 24.3 Å². The molecule has 7 heteroatoms. The third-order valence-electron chi connectivity index (χ3n) is 3.54. The van der Waals surface area contributed by atoms with Gasteiger partial charge < -0.3 is 15.0 Å². The largest absolute Gasteiger partial charge is 0.444 e. The topological polar surface area (TPSA) is 84.7 Å². The number of carbonyl (C=O) groups is 1. The summed E-state index contributed by atoms with van der Waals surface area (Å²) in [5.74, 6) is 0. The van der Waals surface area contributed by atoms with Crippen LogP contribution in [0.4, 0.5) is 10.5 Å². The quantitative estimate of drug-likeness (QED) is 0.682. The number of nitro groups is 1. The Labute approximate surface area is 135 Å². The number of nitrogens with one attached hydrogen (secondary N) is 1. The normalized spacial score (nSPS) is 18.6. The van der Waals surface area contributed by atoms with Crippen LogP contribution in [-0.4, -0.2) is 47.2 Å². The minimum Gasteiger partial charge on any atom is -0.444 e. The van der Waals surface area contributed by atoms with E-state index in [0.29, 0.717) is 26.1 Å². The molecule has 1 N–H and O–H groups in total. The number of nitro benzene ring substituents is 1. The minimum absolute atomic E-state index is 0.0840. The lowest BCUT2D eigenvalue weighted by molar-refractivity contribution is -0.384. The van der Waals surface area contributed by atoms with Crippen LogP contribution in [0.25, 0.3) is 0 Å². The highest BCUT2D eigenvalue weighted by Gasteiger charge is 2.27. The number of piperazine rings is 1. The fourth-order valence-corrected chi connectivity index (χ4v) is 2.49. The molecule has 7 nitrogen and oxygen atoms in total. The van der Waals surface area contributed by atoms with Gasteiger partial charge in [-0.1, -0.05) is 12.1 Å². The van der Waals surface area contributed by atoms with Crippen molar-refractivity contribution >= 4 is 11.8 Å². The molecule has 0 spiro atoms. The molecule has 2 rings (SSSR count). The summed E-state index contributed by atoms with van der Waals surface area (Å²) in [5, 5.41) is 14.0. The van der Waals surface area contributed by atoms with Gasteiger partial charge in [0.05, 0.1) is 4.92 Å². The van der Waals surface area contributed by atoms with E-state index in [1.54, 1.807) is 17.0 Å². The van der Waals surface area contributed by atoms with Crippen LogP contribution in [0.2, 0.25) is 0 Å². The van der Waals surface area contributed by atoms with Gasteiger partial charge in [0.25, 0.3) is 5.69 Å². The van der Waals surface area contributed by atoms with Crippen molar-refractivity contribution in [3.05, 3.63) is 39.9 Å². The molecule has 1 atom stereocenters. The Hall–Kier alpha value is -2.15. The van der Waals surface area contributed by atoms with Crippen LogP contribution in [-0.2, 0) is 11.2 Å². The Morgan fingerprint density at radius 1 is 1.39 bits per heavy atom. The summed E-state index contributed by atoms with van der Waals surface area (Å²) in [6.07, 6.45) is 0.407. The van der Waals surface area contributed by atoms with E-state index < -0.39 is 10.5 Å². The molecule has 1 aromatic rings. The average molecular weight is 321 g/mol. The zero-order valence-electron chi connectivity index (χ0n) is 13.7. The first-order valence-electron chi connectivity index (χ1n) is 7.69. The second-order valence-corrected chi connectivity index (χ2v) is 6.71. The molecule has 0 saturated carbocycles. The van der Waals surface area contributed by atoms with E-state index in [2.05, 4.69) is 5.32 Å². The number of rotatable bonds is 3. The molecule has 1 aliphatic rings. The number of non-ortho nitro benzene ring substituents is 1. The molecule has 0 unspecified atom stereocenters. The van der Waals surface area contributed by atoms with E-state index in [1.807, 2.05) is 20.8 Å². The van der Waals surface area contributed by atoms with E-state index in [1.165, 1.54) is 12.1 Å². The molecule has 1 heterocycles. The predicted octanol–water partition coefficient (Wildman–Crippen LogP) is 2.35. The smallest absolute Gasteiger partial charge is 0.410 e. The molecule has 23 heavy (non-hydrogen) atoms. The highest BCUT2D eigenvalue weighted by molar-refractivity contribution is 5.68. The van der Waals surface area contributed by atoms with Gasteiger partial charge >= 0.3 is 6.09 Å². The van der Waals surface area contributed by atoms with Crippen molar-refractivity contribution in [3.63, 3.8) is 0 Å². The summed E-state index contributed by atoms with van der Waals surface area (Å²) >= 11 is 0. The van der Waals surface area contributed by atoms with Crippen LogP contribution in [0.5, 0.6) is 0 Å². The lowest BCUT2D eigenvalue weighted by atomic mass is 10.0. The number of nitrogens with zero attached hydrogens (tertiary/aromatic N) is 2. The Kier molecular flexibility index (Phi) is 5.20. The van der Waals surface area contributed by atoms with E-state index >= 15 is 0 Å². The number of ether oxygens (including phenoxy) is 1.